The molecule has 2 amide bonds. The van der Waals surface area contributed by atoms with Crippen LogP contribution in [0.5, 0.6) is 11.5 Å². The molecule has 2 unspecified atom stereocenters. The van der Waals surface area contributed by atoms with Crippen LogP contribution in [0.25, 0.3) is 5.57 Å². The lowest BCUT2D eigenvalue weighted by molar-refractivity contribution is -0.141. The first kappa shape index (κ1) is 27.6. The maximum absolute atomic E-state index is 13.1. The van der Waals surface area contributed by atoms with Gasteiger partial charge in [0.2, 0.25) is 5.91 Å². The second kappa shape index (κ2) is 12.0. The lowest BCUT2D eigenvalue weighted by Crippen LogP contribution is -2.64. The summed E-state index contributed by atoms with van der Waals surface area (Å²) in [4.78, 5) is 40.2. The molecular weight excluding hydrogens is 535 g/mol. The number of nitrogens with zero attached hydrogens (tertiary/aromatic N) is 2. The van der Waals surface area contributed by atoms with Gasteiger partial charge in [-0.1, -0.05) is 41.4 Å². The van der Waals surface area contributed by atoms with Gasteiger partial charge in [0.1, 0.15) is 29.7 Å². The Bertz CT molecular complexity index is 1250. The van der Waals surface area contributed by atoms with E-state index in [0.29, 0.717) is 27.1 Å². The molecule has 0 aromatic heterocycles. The van der Waals surface area contributed by atoms with E-state index in [2.05, 4.69) is 0 Å². The zero-order valence-electron chi connectivity index (χ0n) is 21.0. The number of esters is 1. The molecule has 2 aromatic carbocycles. The van der Waals surface area contributed by atoms with Gasteiger partial charge >= 0.3 is 12.1 Å². The monoisotopic (exact) mass is 562 g/mol. The van der Waals surface area contributed by atoms with Crippen molar-refractivity contribution in [2.45, 2.75) is 32.4 Å². The highest BCUT2D eigenvalue weighted by Gasteiger charge is 2.47. The number of rotatable bonds is 8. The van der Waals surface area contributed by atoms with E-state index < -0.39 is 24.1 Å². The van der Waals surface area contributed by atoms with Gasteiger partial charge in [0.05, 0.1) is 29.3 Å². The highest BCUT2D eigenvalue weighted by molar-refractivity contribution is 6.42. The summed E-state index contributed by atoms with van der Waals surface area (Å²) in [5, 5.41) is 10.7. The number of carbonyl (C=O) groups excluding carboxylic acids is 2. The number of amides is 2. The summed E-state index contributed by atoms with van der Waals surface area (Å²) in [7, 11) is 0. The second-order valence-electron chi connectivity index (χ2n) is 8.87. The molecule has 38 heavy (non-hydrogen) atoms. The lowest BCUT2D eigenvalue weighted by atomic mass is 9.82. The van der Waals surface area contributed by atoms with E-state index in [1.54, 1.807) is 42.2 Å². The van der Waals surface area contributed by atoms with Gasteiger partial charge in [0, 0.05) is 20.0 Å². The van der Waals surface area contributed by atoms with Crippen molar-refractivity contribution in [1.29, 1.82) is 0 Å². The minimum Gasteiger partial charge on any atom is -0.490 e. The number of fused-ring (bicyclic) bond motifs is 2. The molecule has 9 nitrogen and oxygen atoms in total. The third-order valence-corrected chi connectivity index (χ3v) is 7.34. The lowest BCUT2D eigenvalue weighted by Gasteiger charge is -2.49. The van der Waals surface area contributed by atoms with Crippen molar-refractivity contribution >= 4 is 46.7 Å². The Labute approximate surface area is 230 Å². The second-order valence-corrected chi connectivity index (χ2v) is 9.66. The first-order valence-electron chi connectivity index (χ1n) is 12.2. The molecule has 4 rings (SSSR count). The van der Waals surface area contributed by atoms with E-state index in [1.807, 2.05) is 12.1 Å². The van der Waals surface area contributed by atoms with Gasteiger partial charge in [0.15, 0.2) is 0 Å². The summed E-state index contributed by atoms with van der Waals surface area (Å²) in [6.07, 6.45) is -0.858. The van der Waals surface area contributed by atoms with Gasteiger partial charge in [-0.25, -0.2) is 9.59 Å². The average molecular weight is 563 g/mol. The molecule has 202 valence electrons. The molecule has 0 aliphatic carbocycles. The van der Waals surface area contributed by atoms with Gasteiger partial charge in [-0.15, -0.1) is 0 Å². The topological polar surface area (TPSA) is 106 Å². The number of ether oxygens (including phenoxy) is 3. The molecule has 0 saturated carbocycles. The standard InChI is InChI=1S/C27H28Cl2N2O7/c1-3-36-26(33)24-20(13-18-14-30(16(2)32)15-22(24)31(18)27(34)35)17-7-9-19(10-8-17)37-11-12-38-23-6-4-5-21(28)25(23)29/h4-10,18,22H,3,11-15H2,1-2H3,(H,34,35). The number of hydrogen-bond donors (Lipinski definition) is 1. The first-order valence-corrected chi connectivity index (χ1v) is 12.9. The van der Waals surface area contributed by atoms with E-state index in [-0.39, 0.29) is 50.8 Å². The number of hydrogen-bond acceptors (Lipinski definition) is 6. The average Bonchev–Trinajstić information content (AvgIpc) is 2.88. The fourth-order valence-electron chi connectivity index (χ4n) is 4.86. The van der Waals surface area contributed by atoms with Crippen molar-refractivity contribution in [2.75, 3.05) is 32.9 Å². The van der Waals surface area contributed by atoms with Crippen molar-refractivity contribution in [2.24, 2.45) is 0 Å². The molecule has 2 aromatic rings. The van der Waals surface area contributed by atoms with E-state index in [0.717, 1.165) is 5.56 Å². The Balaban J connectivity index is 1.53. The van der Waals surface area contributed by atoms with Crippen molar-refractivity contribution in [3.63, 3.8) is 0 Å². The van der Waals surface area contributed by atoms with Crippen molar-refractivity contribution in [1.82, 2.24) is 9.80 Å². The van der Waals surface area contributed by atoms with Gasteiger partial charge in [-0.2, -0.15) is 0 Å². The van der Waals surface area contributed by atoms with Crippen molar-refractivity contribution in [3.05, 3.63) is 63.6 Å². The van der Waals surface area contributed by atoms with Crippen LogP contribution in [0.15, 0.2) is 48.0 Å². The van der Waals surface area contributed by atoms with Gasteiger partial charge in [0.25, 0.3) is 0 Å². The smallest absolute Gasteiger partial charge is 0.408 e. The zero-order chi connectivity index (χ0) is 27.4. The molecular formula is C27H28Cl2N2O7. The molecule has 2 atom stereocenters. The van der Waals surface area contributed by atoms with Crippen LogP contribution in [0.3, 0.4) is 0 Å². The molecule has 2 aliphatic heterocycles. The van der Waals surface area contributed by atoms with Crippen LogP contribution in [0.2, 0.25) is 10.0 Å². The zero-order valence-corrected chi connectivity index (χ0v) is 22.5. The highest BCUT2D eigenvalue weighted by Crippen LogP contribution is 2.39. The number of benzene rings is 2. The number of carboxylic acid groups (broad SMARTS) is 1. The third kappa shape index (κ3) is 5.84. The largest absolute Gasteiger partial charge is 0.490 e. The fourth-order valence-corrected chi connectivity index (χ4v) is 5.20. The molecule has 2 heterocycles. The van der Waals surface area contributed by atoms with E-state index >= 15 is 0 Å². The Kier molecular flexibility index (Phi) is 8.69. The SMILES string of the molecule is CCOC(=O)C1=C(c2ccc(OCCOc3cccc(Cl)c3Cl)cc2)CC2CN(C(C)=O)CC1N2C(=O)O. The molecule has 11 heteroatoms. The summed E-state index contributed by atoms with van der Waals surface area (Å²) in [6.45, 7) is 4.14. The highest BCUT2D eigenvalue weighted by atomic mass is 35.5. The number of piperazine rings is 1. The molecule has 1 saturated heterocycles. The molecule has 1 N–H and O–H groups in total. The summed E-state index contributed by atoms with van der Waals surface area (Å²) in [5.41, 5.74) is 1.74. The molecule has 2 aliphatic rings. The Morgan fingerprint density at radius 3 is 2.39 bits per heavy atom. The first-order chi connectivity index (χ1) is 18.2. The van der Waals surface area contributed by atoms with Crippen LogP contribution >= 0.6 is 23.2 Å². The maximum Gasteiger partial charge on any atom is 0.408 e. The Morgan fingerprint density at radius 1 is 1.03 bits per heavy atom. The molecule has 2 bridgehead atoms. The Hall–Kier alpha value is -3.43. The van der Waals surface area contributed by atoms with Crippen LogP contribution < -0.4 is 9.47 Å². The van der Waals surface area contributed by atoms with Gasteiger partial charge in [-0.05, 0) is 48.7 Å². The summed E-state index contributed by atoms with van der Waals surface area (Å²) >= 11 is 12.1. The number of halogens is 2. The van der Waals surface area contributed by atoms with Crippen LogP contribution in [-0.4, -0.2) is 77.9 Å². The van der Waals surface area contributed by atoms with Gasteiger partial charge in [-0.3, -0.25) is 9.69 Å². The van der Waals surface area contributed by atoms with Crippen molar-refractivity contribution in [3.8, 4) is 11.5 Å². The van der Waals surface area contributed by atoms with E-state index in [4.69, 9.17) is 37.4 Å². The summed E-state index contributed by atoms with van der Waals surface area (Å²) < 4.78 is 16.7. The van der Waals surface area contributed by atoms with Crippen LogP contribution in [0.4, 0.5) is 4.79 Å². The molecule has 0 radical (unpaired) electrons. The van der Waals surface area contributed by atoms with E-state index in [9.17, 15) is 19.5 Å². The third-order valence-electron chi connectivity index (χ3n) is 6.54. The van der Waals surface area contributed by atoms with E-state index in [1.165, 1.54) is 11.8 Å². The minimum absolute atomic E-state index is 0.0909. The van der Waals surface area contributed by atoms with Crippen molar-refractivity contribution < 1.29 is 33.7 Å². The molecule has 1 fully saturated rings. The quantitative estimate of drug-likeness (QED) is 0.365. The Morgan fingerprint density at radius 2 is 1.74 bits per heavy atom. The normalized spacial score (nSPS) is 18.7. The predicted molar refractivity (Wildman–Crippen MR) is 142 cm³/mol. The predicted octanol–water partition coefficient (Wildman–Crippen LogP) is 4.75. The maximum atomic E-state index is 13.1. The van der Waals surface area contributed by atoms with Crippen LogP contribution in [0.1, 0.15) is 25.8 Å². The summed E-state index contributed by atoms with van der Waals surface area (Å²) in [6, 6.07) is 11.1. The fraction of sp³-hybridized carbons (Fsp3) is 0.370. The molecule has 0 spiro atoms. The van der Waals surface area contributed by atoms with Gasteiger partial charge < -0.3 is 24.2 Å². The minimum atomic E-state index is -1.13. The summed E-state index contributed by atoms with van der Waals surface area (Å²) in [5.74, 6) is 0.316. The number of carbonyl (C=O) groups is 3. The van der Waals surface area contributed by atoms with Crippen LogP contribution in [-0.2, 0) is 14.3 Å². The van der Waals surface area contributed by atoms with Crippen LogP contribution in [0, 0.1) is 0 Å².